The van der Waals surface area contributed by atoms with Gasteiger partial charge in [0.05, 0.1) is 17.1 Å². The lowest BCUT2D eigenvalue weighted by molar-refractivity contribution is 0.0506. The highest BCUT2D eigenvalue weighted by Gasteiger charge is 2.19. The number of aromatic amines is 1. The van der Waals surface area contributed by atoms with Gasteiger partial charge in [0.2, 0.25) is 0 Å². The normalized spacial score (nSPS) is 13.2. The van der Waals surface area contributed by atoms with Crippen LogP contribution in [0, 0.1) is 5.82 Å². The fourth-order valence-electron chi connectivity index (χ4n) is 1.76. The molecule has 2 N–H and O–H groups in total. The van der Waals surface area contributed by atoms with Crippen molar-refractivity contribution in [3.05, 3.63) is 29.8 Å². The summed E-state index contributed by atoms with van der Waals surface area (Å²) in [5, 5.41) is 2.68. The van der Waals surface area contributed by atoms with Crippen LogP contribution in [-0.4, -0.2) is 21.7 Å². The highest BCUT2D eigenvalue weighted by atomic mass is 19.1. The molecule has 0 bridgehead atoms. The van der Waals surface area contributed by atoms with Gasteiger partial charge < -0.3 is 15.0 Å². The van der Waals surface area contributed by atoms with E-state index in [4.69, 9.17) is 4.74 Å². The number of carbonyl (C=O) groups excluding carboxylic acids is 1. The van der Waals surface area contributed by atoms with Crippen molar-refractivity contribution in [1.29, 1.82) is 0 Å². The van der Waals surface area contributed by atoms with Crippen molar-refractivity contribution in [3.8, 4) is 0 Å². The molecule has 0 saturated carbocycles. The van der Waals surface area contributed by atoms with Crippen LogP contribution in [0.3, 0.4) is 0 Å². The first-order valence-corrected chi connectivity index (χ1v) is 6.39. The first-order valence-electron chi connectivity index (χ1n) is 6.39. The van der Waals surface area contributed by atoms with Gasteiger partial charge >= 0.3 is 6.09 Å². The van der Waals surface area contributed by atoms with Crippen LogP contribution >= 0.6 is 0 Å². The summed E-state index contributed by atoms with van der Waals surface area (Å²) >= 11 is 0. The summed E-state index contributed by atoms with van der Waals surface area (Å²) in [5.74, 6) is 0.219. The molecule has 0 unspecified atom stereocenters. The number of halogens is 1. The smallest absolute Gasteiger partial charge is 0.408 e. The summed E-state index contributed by atoms with van der Waals surface area (Å²) in [5.41, 5.74) is 0.693. The topological polar surface area (TPSA) is 67.0 Å². The van der Waals surface area contributed by atoms with Crippen molar-refractivity contribution >= 4 is 17.1 Å². The number of hydrogen-bond acceptors (Lipinski definition) is 3. The Morgan fingerprint density at radius 1 is 1.45 bits per heavy atom. The minimum atomic E-state index is -0.555. The van der Waals surface area contributed by atoms with E-state index in [0.29, 0.717) is 16.9 Å². The van der Waals surface area contributed by atoms with Gasteiger partial charge in [-0.05, 0) is 45.9 Å². The van der Waals surface area contributed by atoms with Crippen molar-refractivity contribution < 1.29 is 13.9 Å². The molecule has 5 nitrogen and oxygen atoms in total. The number of benzene rings is 1. The zero-order chi connectivity index (χ0) is 14.9. The van der Waals surface area contributed by atoms with Crippen molar-refractivity contribution in [3.63, 3.8) is 0 Å². The third-order valence-corrected chi connectivity index (χ3v) is 2.61. The number of alkyl carbamates (subject to hydrolysis) is 1. The molecule has 0 radical (unpaired) electrons. The van der Waals surface area contributed by atoms with Crippen molar-refractivity contribution in [2.75, 3.05) is 0 Å². The van der Waals surface area contributed by atoms with E-state index in [1.165, 1.54) is 12.1 Å². The van der Waals surface area contributed by atoms with Gasteiger partial charge in [-0.1, -0.05) is 0 Å². The van der Waals surface area contributed by atoms with Crippen LogP contribution in [-0.2, 0) is 4.74 Å². The maximum Gasteiger partial charge on any atom is 0.408 e. The van der Waals surface area contributed by atoms with Crippen LogP contribution in [0.25, 0.3) is 11.0 Å². The van der Waals surface area contributed by atoms with E-state index in [0.717, 1.165) is 0 Å². The predicted octanol–water partition coefficient (Wildman–Crippen LogP) is 3.29. The SMILES string of the molecule is C[C@H](NC(=O)OC(C)(C)C)c1nc2ccc(F)cc2[nH]1. The Hall–Kier alpha value is -2.11. The molecule has 1 aromatic heterocycles. The number of hydrogen-bond donors (Lipinski definition) is 2. The molecule has 0 aliphatic rings. The quantitative estimate of drug-likeness (QED) is 0.886. The average Bonchev–Trinajstić information content (AvgIpc) is 2.68. The lowest BCUT2D eigenvalue weighted by Gasteiger charge is -2.21. The molecular formula is C14H18FN3O2. The first-order chi connectivity index (χ1) is 9.24. The van der Waals surface area contributed by atoms with Crippen molar-refractivity contribution in [1.82, 2.24) is 15.3 Å². The van der Waals surface area contributed by atoms with Gasteiger partial charge in [-0.3, -0.25) is 0 Å². The molecule has 1 atom stereocenters. The van der Waals surface area contributed by atoms with Gasteiger partial charge in [-0.25, -0.2) is 14.2 Å². The first kappa shape index (κ1) is 14.3. The molecule has 2 rings (SSSR count). The van der Waals surface area contributed by atoms with Crippen LogP contribution in [0.4, 0.5) is 9.18 Å². The molecule has 1 heterocycles. The number of ether oxygens (including phenoxy) is 1. The summed E-state index contributed by atoms with van der Waals surface area (Å²) in [6.45, 7) is 7.15. The third kappa shape index (κ3) is 3.46. The van der Waals surface area contributed by atoms with E-state index in [2.05, 4.69) is 15.3 Å². The van der Waals surface area contributed by atoms with Gasteiger partial charge in [-0.15, -0.1) is 0 Å². The molecule has 2 aromatic rings. The number of rotatable bonds is 2. The number of amides is 1. The standard InChI is InChI=1S/C14H18FN3O2/c1-8(16-13(19)20-14(2,3)4)12-17-10-6-5-9(15)7-11(10)18-12/h5-8H,1-4H3,(H,16,19)(H,17,18)/t8-/m0/s1. The van der Waals surface area contributed by atoms with Crippen LogP contribution in [0.15, 0.2) is 18.2 Å². The summed E-state index contributed by atoms with van der Waals surface area (Å²) < 4.78 is 18.3. The second-order valence-corrected chi connectivity index (χ2v) is 5.65. The summed E-state index contributed by atoms with van der Waals surface area (Å²) in [4.78, 5) is 19.0. The lowest BCUT2D eigenvalue weighted by atomic mass is 10.2. The largest absolute Gasteiger partial charge is 0.444 e. The van der Waals surface area contributed by atoms with Crippen molar-refractivity contribution in [2.45, 2.75) is 39.3 Å². The zero-order valence-electron chi connectivity index (χ0n) is 12.0. The van der Waals surface area contributed by atoms with Crippen LogP contribution in [0.1, 0.15) is 39.6 Å². The Morgan fingerprint density at radius 3 is 2.80 bits per heavy atom. The average molecular weight is 279 g/mol. The molecule has 0 aliphatic heterocycles. The molecule has 0 saturated heterocycles. The number of aromatic nitrogens is 2. The van der Waals surface area contributed by atoms with E-state index >= 15 is 0 Å². The maximum atomic E-state index is 13.1. The molecule has 20 heavy (non-hydrogen) atoms. The summed E-state index contributed by atoms with van der Waals surface area (Å²) in [6, 6.07) is 3.94. The highest BCUT2D eigenvalue weighted by Crippen LogP contribution is 2.17. The zero-order valence-corrected chi connectivity index (χ0v) is 12.0. The van der Waals surface area contributed by atoms with Crippen molar-refractivity contribution in [2.24, 2.45) is 0 Å². The minimum Gasteiger partial charge on any atom is -0.444 e. The Kier molecular flexibility index (Phi) is 3.65. The Labute approximate surface area is 116 Å². The van der Waals surface area contributed by atoms with E-state index < -0.39 is 11.7 Å². The second-order valence-electron chi connectivity index (χ2n) is 5.65. The molecule has 1 aromatic carbocycles. The third-order valence-electron chi connectivity index (χ3n) is 2.61. The summed E-state index contributed by atoms with van der Waals surface area (Å²) in [6.07, 6.45) is -0.517. The summed E-state index contributed by atoms with van der Waals surface area (Å²) in [7, 11) is 0. The molecule has 108 valence electrons. The molecular weight excluding hydrogens is 261 g/mol. The molecule has 0 fully saturated rings. The molecule has 0 spiro atoms. The Morgan fingerprint density at radius 2 is 2.15 bits per heavy atom. The molecule has 0 aliphatic carbocycles. The Bertz CT molecular complexity index is 631. The van der Waals surface area contributed by atoms with Crippen LogP contribution in [0.5, 0.6) is 0 Å². The number of fused-ring (bicyclic) bond motifs is 1. The number of nitrogens with one attached hydrogen (secondary N) is 2. The highest BCUT2D eigenvalue weighted by molar-refractivity contribution is 5.75. The second kappa shape index (κ2) is 5.11. The fourth-order valence-corrected chi connectivity index (χ4v) is 1.76. The van der Waals surface area contributed by atoms with Gasteiger partial charge in [-0.2, -0.15) is 0 Å². The van der Waals surface area contributed by atoms with E-state index in [-0.39, 0.29) is 11.9 Å². The number of nitrogens with zero attached hydrogens (tertiary/aromatic N) is 1. The van der Waals surface area contributed by atoms with Crippen LogP contribution in [0.2, 0.25) is 0 Å². The lowest BCUT2D eigenvalue weighted by Crippen LogP contribution is -2.34. The van der Waals surface area contributed by atoms with Crippen LogP contribution < -0.4 is 5.32 Å². The molecule has 6 heteroatoms. The molecule has 1 amide bonds. The van der Waals surface area contributed by atoms with Gasteiger partial charge in [0.15, 0.2) is 0 Å². The van der Waals surface area contributed by atoms with E-state index in [9.17, 15) is 9.18 Å². The Balaban J connectivity index is 2.11. The number of carbonyl (C=O) groups is 1. The monoisotopic (exact) mass is 279 g/mol. The van der Waals surface area contributed by atoms with E-state index in [1.54, 1.807) is 33.8 Å². The number of H-pyrrole nitrogens is 1. The van der Waals surface area contributed by atoms with Gasteiger partial charge in [0.25, 0.3) is 0 Å². The van der Waals surface area contributed by atoms with Gasteiger partial charge in [0, 0.05) is 0 Å². The fraction of sp³-hybridized carbons (Fsp3) is 0.429. The van der Waals surface area contributed by atoms with Gasteiger partial charge in [0.1, 0.15) is 17.2 Å². The van der Waals surface area contributed by atoms with E-state index in [1.807, 2.05) is 0 Å². The predicted molar refractivity (Wildman–Crippen MR) is 73.8 cm³/mol. The number of imidazole rings is 1. The maximum absolute atomic E-state index is 13.1. The minimum absolute atomic E-state index is 0.333.